The standard InChI is InChI=1S/C22H34O2/c1-5-6-7-9-14-19-15-22(24,16(2)3)20(21(23)17(19)4)18-12-10-8-11-13-18/h10,12,15,18,20,23-24H,2,5-9,11,13-14H2,1,3-4H3/t18?,20-,22?/m1/s1. The first-order valence-electron chi connectivity index (χ1n) is 9.58. The number of aliphatic hydroxyl groups is 2. The van der Waals surface area contributed by atoms with Crippen LogP contribution in [0.15, 0.2) is 47.3 Å². The van der Waals surface area contributed by atoms with Crippen LogP contribution < -0.4 is 0 Å². The second-order valence-electron chi connectivity index (χ2n) is 7.60. The second-order valence-corrected chi connectivity index (χ2v) is 7.60. The highest BCUT2D eigenvalue weighted by Crippen LogP contribution is 2.46. The molecule has 134 valence electrons. The van der Waals surface area contributed by atoms with E-state index in [9.17, 15) is 10.2 Å². The molecule has 0 spiro atoms. The second kappa shape index (κ2) is 8.20. The van der Waals surface area contributed by atoms with Gasteiger partial charge in [-0.1, -0.05) is 44.9 Å². The maximum atomic E-state index is 11.4. The van der Waals surface area contributed by atoms with Crippen molar-refractivity contribution in [1.29, 1.82) is 0 Å². The highest BCUT2D eigenvalue weighted by molar-refractivity contribution is 5.45. The summed E-state index contributed by atoms with van der Waals surface area (Å²) in [5.41, 5.74) is 1.62. The Kier molecular flexibility index (Phi) is 6.51. The van der Waals surface area contributed by atoms with Gasteiger partial charge in [0.25, 0.3) is 0 Å². The lowest BCUT2D eigenvalue weighted by molar-refractivity contribution is 0.0317. The third-order valence-corrected chi connectivity index (χ3v) is 5.73. The normalized spacial score (nSPS) is 30.4. The molecule has 2 heteroatoms. The minimum Gasteiger partial charge on any atom is -0.512 e. The third-order valence-electron chi connectivity index (χ3n) is 5.73. The molecule has 0 fully saturated rings. The molecular weight excluding hydrogens is 296 g/mol. The predicted molar refractivity (Wildman–Crippen MR) is 102 cm³/mol. The van der Waals surface area contributed by atoms with Crippen LogP contribution in [0.2, 0.25) is 0 Å². The summed E-state index contributed by atoms with van der Waals surface area (Å²) in [6, 6.07) is 0. The first kappa shape index (κ1) is 19.1. The first-order valence-corrected chi connectivity index (χ1v) is 9.58. The van der Waals surface area contributed by atoms with Gasteiger partial charge in [-0.05, 0) is 74.7 Å². The zero-order valence-corrected chi connectivity index (χ0v) is 15.6. The van der Waals surface area contributed by atoms with E-state index < -0.39 is 5.60 Å². The van der Waals surface area contributed by atoms with Crippen LogP contribution in [0.3, 0.4) is 0 Å². The van der Waals surface area contributed by atoms with Crippen molar-refractivity contribution < 1.29 is 10.2 Å². The van der Waals surface area contributed by atoms with Crippen LogP contribution in [0.5, 0.6) is 0 Å². The molecule has 0 amide bonds. The van der Waals surface area contributed by atoms with Gasteiger partial charge in [0.15, 0.2) is 0 Å². The number of allylic oxidation sites excluding steroid dienone is 4. The van der Waals surface area contributed by atoms with Gasteiger partial charge in [0.2, 0.25) is 0 Å². The van der Waals surface area contributed by atoms with Crippen molar-refractivity contribution in [3.63, 3.8) is 0 Å². The fraction of sp³-hybridized carbons (Fsp3) is 0.636. The van der Waals surface area contributed by atoms with E-state index in [2.05, 4.69) is 25.7 Å². The van der Waals surface area contributed by atoms with Gasteiger partial charge in [0.1, 0.15) is 11.4 Å². The quantitative estimate of drug-likeness (QED) is 0.443. The largest absolute Gasteiger partial charge is 0.512 e. The molecule has 0 saturated heterocycles. The molecule has 0 aliphatic heterocycles. The summed E-state index contributed by atoms with van der Waals surface area (Å²) in [6.45, 7) is 10.1. The lowest BCUT2D eigenvalue weighted by atomic mass is 9.66. The van der Waals surface area contributed by atoms with E-state index in [1.165, 1.54) is 19.3 Å². The molecule has 0 saturated carbocycles. The van der Waals surface area contributed by atoms with Gasteiger partial charge >= 0.3 is 0 Å². The number of aliphatic hydroxyl groups excluding tert-OH is 1. The number of hydrogen-bond donors (Lipinski definition) is 2. The van der Waals surface area contributed by atoms with Crippen LogP contribution in [0.25, 0.3) is 0 Å². The summed E-state index contributed by atoms with van der Waals surface area (Å²) < 4.78 is 0. The zero-order valence-electron chi connectivity index (χ0n) is 15.6. The van der Waals surface area contributed by atoms with Crippen molar-refractivity contribution in [1.82, 2.24) is 0 Å². The molecule has 0 aromatic heterocycles. The number of rotatable bonds is 7. The molecule has 0 heterocycles. The van der Waals surface area contributed by atoms with Crippen LogP contribution in [-0.2, 0) is 0 Å². The topological polar surface area (TPSA) is 40.5 Å². The van der Waals surface area contributed by atoms with E-state index in [-0.39, 0.29) is 11.8 Å². The Morgan fingerprint density at radius 3 is 2.67 bits per heavy atom. The summed E-state index contributed by atoms with van der Waals surface area (Å²) in [7, 11) is 0. The van der Waals surface area contributed by atoms with Gasteiger partial charge in [0, 0.05) is 0 Å². The molecule has 2 nitrogen and oxygen atoms in total. The third kappa shape index (κ3) is 3.85. The van der Waals surface area contributed by atoms with Crippen molar-refractivity contribution in [3.05, 3.63) is 47.3 Å². The van der Waals surface area contributed by atoms with Crippen molar-refractivity contribution in [2.24, 2.45) is 11.8 Å². The van der Waals surface area contributed by atoms with Gasteiger partial charge in [0.05, 0.1) is 5.92 Å². The van der Waals surface area contributed by atoms with Crippen molar-refractivity contribution in [2.75, 3.05) is 0 Å². The highest BCUT2D eigenvalue weighted by Gasteiger charge is 2.46. The monoisotopic (exact) mass is 330 g/mol. The van der Waals surface area contributed by atoms with E-state index >= 15 is 0 Å². The Morgan fingerprint density at radius 2 is 2.08 bits per heavy atom. The molecular formula is C22H34O2. The van der Waals surface area contributed by atoms with Crippen molar-refractivity contribution in [2.45, 2.75) is 77.7 Å². The van der Waals surface area contributed by atoms with Gasteiger partial charge in [-0.2, -0.15) is 0 Å². The molecule has 2 aliphatic carbocycles. The minimum atomic E-state index is -1.14. The Balaban J connectivity index is 2.30. The van der Waals surface area contributed by atoms with Gasteiger partial charge < -0.3 is 10.2 Å². The van der Waals surface area contributed by atoms with Crippen LogP contribution in [-0.4, -0.2) is 15.8 Å². The lowest BCUT2D eigenvalue weighted by Crippen LogP contribution is -2.45. The van der Waals surface area contributed by atoms with Crippen LogP contribution in [0.4, 0.5) is 0 Å². The molecule has 3 atom stereocenters. The summed E-state index contributed by atoms with van der Waals surface area (Å²) in [4.78, 5) is 0. The molecule has 0 radical (unpaired) electrons. The van der Waals surface area contributed by atoms with Crippen LogP contribution >= 0.6 is 0 Å². The van der Waals surface area contributed by atoms with E-state index in [4.69, 9.17) is 0 Å². The van der Waals surface area contributed by atoms with Crippen LogP contribution in [0, 0.1) is 11.8 Å². The van der Waals surface area contributed by atoms with E-state index in [1.807, 2.05) is 19.9 Å². The van der Waals surface area contributed by atoms with E-state index in [0.29, 0.717) is 5.76 Å². The summed E-state index contributed by atoms with van der Waals surface area (Å²) in [5.74, 6) is 0.240. The lowest BCUT2D eigenvalue weighted by Gasteiger charge is -2.43. The first-order chi connectivity index (χ1) is 11.4. The molecule has 2 aliphatic rings. The fourth-order valence-corrected chi connectivity index (χ4v) is 4.11. The molecule has 2 N–H and O–H groups in total. The Labute approximate surface area is 147 Å². The molecule has 2 rings (SSSR count). The highest BCUT2D eigenvalue weighted by atomic mass is 16.3. The molecule has 0 aromatic carbocycles. The number of hydrogen-bond acceptors (Lipinski definition) is 2. The smallest absolute Gasteiger partial charge is 0.114 e. The van der Waals surface area contributed by atoms with E-state index in [0.717, 1.165) is 48.8 Å². The predicted octanol–water partition coefficient (Wildman–Crippen LogP) is 6.01. The maximum Gasteiger partial charge on any atom is 0.114 e. The average Bonchev–Trinajstić information content (AvgIpc) is 2.57. The molecule has 0 bridgehead atoms. The molecule has 2 unspecified atom stereocenters. The van der Waals surface area contributed by atoms with Gasteiger partial charge in [-0.25, -0.2) is 0 Å². The van der Waals surface area contributed by atoms with Gasteiger partial charge in [-0.15, -0.1) is 0 Å². The van der Waals surface area contributed by atoms with Crippen molar-refractivity contribution >= 4 is 0 Å². The summed E-state index contributed by atoms with van der Waals surface area (Å²) >= 11 is 0. The van der Waals surface area contributed by atoms with Crippen molar-refractivity contribution in [3.8, 4) is 0 Å². The Bertz CT molecular complexity index is 552. The average molecular weight is 331 g/mol. The summed E-state index contributed by atoms with van der Waals surface area (Å²) in [6.07, 6.45) is 15.2. The van der Waals surface area contributed by atoms with Gasteiger partial charge in [-0.3, -0.25) is 0 Å². The summed E-state index contributed by atoms with van der Waals surface area (Å²) in [5, 5.41) is 22.4. The zero-order chi connectivity index (χ0) is 17.7. The minimum absolute atomic E-state index is 0.174. The fourth-order valence-electron chi connectivity index (χ4n) is 4.11. The Hall–Kier alpha value is -1.28. The van der Waals surface area contributed by atoms with E-state index in [1.54, 1.807) is 0 Å². The number of unbranched alkanes of at least 4 members (excludes halogenated alkanes) is 3. The van der Waals surface area contributed by atoms with Crippen LogP contribution in [0.1, 0.15) is 72.1 Å². The maximum absolute atomic E-state index is 11.4. The SMILES string of the molecule is C=C(C)C1(O)C=C(CCCCCC)C(C)=C(O)[C@H]1C1C=CCCC1. The Morgan fingerprint density at radius 1 is 1.33 bits per heavy atom. The molecule has 24 heavy (non-hydrogen) atoms. The molecule has 0 aromatic rings.